The molecule has 2 rings (SSSR count). The van der Waals surface area contributed by atoms with Crippen LogP contribution < -0.4 is 11.3 Å². The number of hydrogen-bond acceptors (Lipinski definition) is 3. The molecule has 0 amide bonds. The van der Waals surface area contributed by atoms with Crippen LogP contribution in [0.2, 0.25) is 0 Å². The van der Waals surface area contributed by atoms with E-state index in [9.17, 15) is 0 Å². The van der Waals surface area contributed by atoms with Crippen molar-refractivity contribution in [2.24, 2.45) is 11.8 Å². The molecule has 1 aromatic rings. The standard InChI is InChI=1S/C13H20N2S/c1-10-3-2-4-11(7-10)8-13(15-14)12-5-6-16-9-12/h2-4,7,12-13,15H,5-6,8-9,14H2,1H3. The molecule has 1 heterocycles. The van der Waals surface area contributed by atoms with E-state index in [-0.39, 0.29) is 0 Å². The van der Waals surface area contributed by atoms with Gasteiger partial charge in [0.2, 0.25) is 0 Å². The first-order chi connectivity index (χ1) is 7.79. The second kappa shape index (κ2) is 5.71. The molecule has 0 aliphatic carbocycles. The summed E-state index contributed by atoms with van der Waals surface area (Å²) in [5, 5.41) is 0. The molecule has 88 valence electrons. The Balaban J connectivity index is 2.00. The van der Waals surface area contributed by atoms with Crippen molar-refractivity contribution in [2.75, 3.05) is 11.5 Å². The number of hydrazine groups is 1. The molecule has 1 fully saturated rings. The van der Waals surface area contributed by atoms with Crippen molar-refractivity contribution < 1.29 is 0 Å². The molecule has 0 aromatic heterocycles. The molecule has 2 atom stereocenters. The van der Waals surface area contributed by atoms with E-state index >= 15 is 0 Å². The van der Waals surface area contributed by atoms with Gasteiger partial charge in [0.1, 0.15) is 0 Å². The largest absolute Gasteiger partial charge is 0.271 e. The Hall–Kier alpha value is -0.510. The highest BCUT2D eigenvalue weighted by Crippen LogP contribution is 2.27. The zero-order valence-corrected chi connectivity index (χ0v) is 10.6. The molecule has 1 aliphatic rings. The van der Waals surface area contributed by atoms with Crippen LogP contribution in [-0.4, -0.2) is 17.5 Å². The fourth-order valence-electron chi connectivity index (χ4n) is 2.32. The predicted octanol–water partition coefficient (Wildman–Crippen LogP) is 2.12. The number of aryl methyl sites for hydroxylation is 1. The summed E-state index contributed by atoms with van der Waals surface area (Å²) in [4.78, 5) is 0. The average molecular weight is 236 g/mol. The van der Waals surface area contributed by atoms with Gasteiger partial charge in [-0.2, -0.15) is 11.8 Å². The lowest BCUT2D eigenvalue weighted by Crippen LogP contribution is -2.42. The van der Waals surface area contributed by atoms with Gasteiger partial charge in [-0.25, -0.2) is 0 Å². The summed E-state index contributed by atoms with van der Waals surface area (Å²) >= 11 is 2.04. The number of rotatable bonds is 4. The van der Waals surface area contributed by atoms with Crippen molar-refractivity contribution in [3.63, 3.8) is 0 Å². The number of hydrogen-bond donors (Lipinski definition) is 2. The van der Waals surface area contributed by atoms with Crippen LogP contribution in [0.4, 0.5) is 0 Å². The topological polar surface area (TPSA) is 38.0 Å². The van der Waals surface area contributed by atoms with Crippen molar-refractivity contribution in [2.45, 2.75) is 25.8 Å². The summed E-state index contributed by atoms with van der Waals surface area (Å²) in [5.41, 5.74) is 5.72. The van der Waals surface area contributed by atoms with Crippen LogP contribution in [-0.2, 0) is 6.42 Å². The Morgan fingerprint density at radius 1 is 1.56 bits per heavy atom. The zero-order chi connectivity index (χ0) is 11.4. The summed E-state index contributed by atoms with van der Waals surface area (Å²) in [7, 11) is 0. The van der Waals surface area contributed by atoms with E-state index in [0.717, 1.165) is 12.3 Å². The van der Waals surface area contributed by atoms with Gasteiger partial charge in [0, 0.05) is 6.04 Å². The summed E-state index contributed by atoms with van der Waals surface area (Å²) in [6.07, 6.45) is 2.34. The van der Waals surface area contributed by atoms with Crippen molar-refractivity contribution in [3.8, 4) is 0 Å². The van der Waals surface area contributed by atoms with Crippen molar-refractivity contribution in [1.29, 1.82) is 0 Å². The van der Waals surface area contributed by atoms with Gasteiger partial charge in [-0.05, 0) is 42.8 Å². The normalized spacial score (nSPS) is 22.2. The molecule has 1 aromatic carbocycles. The molecule has 2 unspecified atom stereocenters. The lowest BCUT2D eigenvalue weighted by atomic mass is 9.93. The molecule has 0 spiro atoms. The predicted molar refractivity (Wildman–Crippen MR) is 71.4 cm³/mol. The van der Waals surface area contributed by atoms with E-state index in [2.05, 4.69) is 36.6 Å². The number of benzene rings is 1. The van der Waals surface area contributed by atoms with Gasteiger partial charge in [-0.15, -0.1) is 0 Å². The highest BCUT2D eigenvalue weighted by Gasteiger charge is 2.24. The van der Waals surface area contributed by atoms with Gasteiger partial charge < -0.3 is 0 Å². The number of nitrogens with one attached hydrogen (secondary N) is 1. The third-order valence-electron chi connectivity index (χ3n) is 3.29. The van der Waals surface area contributed by atoms with Crippen LogP contribution in [0.15, 0.2) is 24.3 Å². The average Bonchev–Trinajstić information content (AvgIpc) is 2.79. The van der Waals surface area contributed by atoms with Gasteiger partial charge in [-0.1, -0.05) is 29.8 Å². The molecular formula is C13H20N2S. The van der Waals surface area contributed by atoms with Gasteiger partial charge >= 0.3 is 0 Å². The smallest absolute Gasteiger partial charge is 0.0287 e. The van der Waals surface area contributed by atoms with Gasteiger partial charge in [0.25, 0.3) is 0 Å². The Labute approximate surface area is 102 Å². The van der Waals surface area contributed by atoms with Gasteiger partial charge in [0.05, 0.1) is 0 Å². The molecular weight excluding hydrogens is 216 g/mol. The van der Waals surface area contributed by atoms with Crippen molar-refractivity contribution in [1.82, 2.24) is 5.43 Å². The maximum Gasteiger partial charge on any atom is 0.0287 e. The van der Waals surface area contributed by atoms with E-state index in [1.165, 1.54) is 29.1 Å². The minimum Gasteiger partial charge on any atom is -0.271 e. The van der Waals surface area contributed by atoms with E-state index in [1.54, 1.807) is 0 Å². The summed E-state index contributed by atoms with van der Waals surface area (Å²) < 4.78 is 0. The zero-order valence-electron chi connectivity index (χ0n) is 9.78. The first-order valence-corrected chi connectivity index (χ1v) is 7.04. The van der Waals surface area contributed by atoms with E-state index < -0.39 is 0 Å². The SMILES string of the molecule is Cc1cccc(CC(NN)C2CCSC2)c1. The van der Waals surface area contributed by atoms with Gasteiger partial charge in [0.15, 0.2) is 0 Å². The van der Waals surface area contributed by atoms with Crippen LogP contribution in [0.3, 0.4) is 0 Å². The van der Waals surface area contributed by atoms with Crippen LogP contribution in [0, 0.1) is 12.8 Å². The van der Waals surface area contributed by atoms with Crippen molar-refractivity contribution in [3.05, 3.63) is 35.4 Å². The van der Waals surface area contributed by atoms with Crippen LogP contribution >= 0.6 is 11.8 Å². The molecule has 2 nitrogen and oxygen atoms in total. The second-order valence-electron chi connectivity index (χ2n) is 4.59. The van der Waals surface area contributed by atoms with Crippen LogP contribution in [0.5, 0.6) is 0 Å². The minimum atomic E-state index is 0.428. The Bertz CT molecular complexity index is 334. The first-order valence-electron chi connectivity index (χ1n) is 5.89. The first kappa shape index (κ1) is 12.0. The van der Waals surface area contributed by atoms with E-state index in [4.69, 9.17) is 5.84 Å². The maximum absolute atomic E-state index is 5.68. The molecule has 3 heteroatoms. The molecule has 0 saturated carbocycles. The fourth-order valence-corrected chi connectivity index (χ4v) is 3.66. The van der Waals surface area contributed by atoms with Crippen LogP contribution in [0.25, 0.3) is 0 Å². The second-order valence-corrected chi connectivity index (χ2v) is 5.74. The fraction of sp³-hybridized carbons (Fsp3) is 0.538. The minimum absolute atomic E-state index is 0.428. The molecule has 1 saturated heterocycles. The van der Waals surface area contributed by atoms with E-state index in [1.807, 2.05) is 11.8 Å². The molecule has 3 N–H and O–H groups in total. The molecule has 0 radical (unpaired) electrons. The monoisotopic (exact) mass is 236 g/mol. The van der Waals surface area contributed by atoms with Crippen molar-refractivity contribution >= 4 is 11.8 Å². The highest BCUT2D eigenvalue weighted by molar-refractivity contribution is 7.99. The van der Waals surface area contributed by atoms with Crippen LogP contribution in [0.1, 0.15) is 17.5 Å². The van der Waals surface area contributed by atoms with E-state index in [0.29, 0.717) is 6.04 Å². The number of thioether (sulfide) groups is 1. The summed E-state index contributed by atoms with van der Waals surface area (Å²) in [5.74, 6) is 8.95. The third kappa shape index (κ3) is 3.00. The maximum atomic E-state index is 5.68. The molecule has 1 aliphatic heterocycles. The molecule has 16 heavy (non-hydrogen) atoms. The summed E-state index contributed by atoms with van der Waals surface area (Å²) in [6, 6.07) is 9.14. The molecule has 0 bridgehead atoms. The lowest BCUT2D eigenvalue weighted by Gasteiger charge is -2.22. The Kier molecular flexibility index (Phi) is 4.27. The van der Waals surface area contributed by atoms with Gasteiger partial charge in [-0.3, -0.25) is 11.3 Å². The Morgan fingerprint density at radius 3 is 3.06 bits per heavy atom. The Morgan fingerprint density at radius 2 is 2.44 bits per heavy atom. The third-order valence-corrected chi connectivity index (χ3v) is 4.47. The quantitative estimate of drug-likeness (QED) is 0.621. The lowest BCUT2D eigenvalue weighted by molar-refractivity contribution is 0.386. The highest BCUT2D eigenvalue weighted by atomic mass is 32.2. The number of nitrogens with two attached hydrogens (primary N) is 1. The summed E-state index contributed by atoms with van der Waals surface area (Å²) in [6.45, 7) is 2.14.